The zero-order valence-electron chi connectivity index (χ0n) is 23.4. The number of benzene rings is 3. The smallest absolute Gasteiger partial charge is 0.347 e. The molecule has 0 aliphatic rings. The van der Waals surface area contributed by atoms with E-state index in [0.29, 0.717) is 16.0 Å². The fourth-order valence-corrected chi connectivity index (χ4v) is 6.03. The summed E-state index contributed by atoms with van der Waals surface area (Å²) in [7, 11) is 1.32. The number of anilines is 1. The molecule has 5 aromatic rings. The molecular weight excluding hydrogens is 508 g/mol. The van der Waals surface area contributed by atoms with Crippen molar-refractivity contribution in [1.82, 2.24) is 4.98 Å². The molecule has 0 radical (unpaired) electrons. The van der Waals surface area contributed by atoms with Crippen LogP contribution in [-0.4, -0.2) is 31.2 Å². The molecular formula is C32H34N2O4S. The number of hydrogen-bond donors (Lipinski definition) is 0. The molecule has 0 bridgehead atoms. The number of unbranched alkanes of at least 4 members (excludes halogenated alkanes) is 1. The van der Waals surface area contributed by atoms with Gasteiger partial charge in [-0.05, 0) is 47.9 Å². The maximum Gasteiger partial charge on any atom is 0.347 e. The minimum Gasteiger partial charge on any atom is -0.465 e. The van der Waals surface area contributed by atoms with Gasteiger partial charge in [0.2, 0.25) is 0 Å². The van der Waals surface area contributed by atoms with E-state index in [-0.39, 0.29) is 16.5 Å². The molecule has 3 aromatic carbocycles. The van der Waals surface area contributed by atoms with Crippen molar-refractivity contribution < 1.29 is 13.9 Å². The lowest BCUT2D eigenvalue weighted by atomic mass is 9.86. The maximum absolute atomic E-state index is 13.5. The molecule has 202 valence electrons. The number of nitrogens with zero attached hydrogens (tertiary/aromatic N) is 2. The lowest BCUT2D eigenvalue weighted by molar-refractivity contribution is 0.0603. The van der Waals surface area contributed by atoms with Crippen molar-refractivity contribution in [3.05, 3.63) is 70.1 Å². The Hall–Kier alpha value is -3.71. The van der Waals surface area contributed by atoms with Gasteiger partial charge in [0.1, 0.15) is 16.2 Å². The molecule has 7 heteroatoms. The molecule has 2 aromatic heterocycles. The molecule has 0 N–H and O–H groups in total. The zero-order chi connectivity index (χ0) is 27.9. The Balaban J connectivity index is 1.70. The van der Waals surface area contributed by atoms with E-state index < -0.39 is 11.6 Å². The summed E-state index contributed by atoms with van der Waals surface area (Å²) in [5.41, 5.74) is 3.10. The topological polar surface area (TPSA) is 72.6 Å². The van der Waals surface area contributed by atoms with Crippen molar-refractivity contribution >= 4 is 55.0 Å². The van der Waals surface area contributed by atoms with E-state index in [4.69, 9.17) is 14.1 Å². The maximum atomic E-state index is 13.5. The van der Waals surface area contributed by atoms with Crippen molar-refractivity contribution in [2.45, 2.75) is 52.9 Å². The van der Waals surface area contributed by atoms with Gasteiger partial charge in [-0.1, -0.05) is 58.4 Å². The molecule has 0 amide bonds. The Morgan fingerprint density at radius 2 is 1.82 bits per heavy atom. The second kappa shape index (κ2) is 10.5. The van der Waals surface area contributed by atoms with Crippen LogP contribution in [-0.2, 0) is 10.2 Å². The van der Waals surface area contributed by atoms with Crippen LogP contribution in [0.3, 0.4) is 0 Å². The standard InChI is InChI=1S/C32H34N2O4S/c1-7-9-16-34(8-2)21-12-14-23-24(18-21)38-31(36)27(26(23)30(35)37-6)29-33-28-22-13-11-20(32(3,4)5)17-19(22)10-15-25(28)39-29/h10-15,17-18H,7-9,16H2,1-6H3. The van der Waals surface area contributed by atoms with Gasteiger partial charge >= 0.3 is 11.6 Å². The quantitative estimate of drug-likeness (QED) is 0.154. The molecule has 0 aliphatic carbocycles. The molecule has 39 heavy (non-hydrogen) atoms. The molecule has 0 atom stereocenters. The second-order valence-electron chi connectivity index (χ2n) is 10.9. The number of hydrogen-bond acceptors (Lipinski definition) is 7. The Morgan fingerprint density at radius 1 is 1.05 bits per heavy atom. The van der Waals surface area contributed by atoms with Crippen LogP contribution in [0.15, 0.2) is 57.7 Å². The van der Waals surface area contributed by atoms with Gasteiger partial charge < -0.3 is 14.1 Å². The third kappa shape index (κ3) is 4.91. The van der Waals surface area contributed by atoms with Gasteiger partial charge in [-0.25, -0.2) is 14.6 Å². The molecule has 0 fully saturated rings. The number of carbonyl (C=O) groups is 1. The number of esters is 1. The summed E-state index contributed by atoms with van der Waals surface area (Å²) in [6.45, 7) is 12.6. The number of ether oxygens (including phenoxy) is 1. The monoisotopic (exact) mass is 542 g/mol. The second-order valence-corrected chi connectivity index (χ2v) is 11.9. The van der Waals surface area contributed by atoms with Gasteiger partial charge in [0.05, 0.1) is 22.9 Å². The average Bonchev–Trinajstić information content (AvgIpc) is 3.35. The molecule has 0 aliphatic heterocycles. The van der Waals surface area contributed by atoms with Gasteiger partial charge in [-0.15, -0.1) is 11.3 Å². The first-order valence-electron chi connectivity index (χ1n) is 13.4. The van der Waals surface area contributed by atoms with E-state index in [1.54, 1.807) is 0 Å². The predicted molar refractivity (Wildman–Crippen MR) is 161 cm³/mol. The number of carbonyl (C=O) groups excluding carboxylic acids is 1. The van der Waals surface area contributed by atoms with Gasteiger partial charge in [0.15, 0.2) is 0 Å². The van der Waals surface area contributed by atoms with Crippen molar-refractivity contribution in [1.29, 1.82) is 0 Å². The highest BCUT2D eigenvalue weighted by Crippen LogP contribution is 2.38. The first-order chi connectivity index (χ1) is 18.7. The molecule has 6 nitrogen and oxygen atoms in total. The lowest BCUT2D eigenvalue weighted by Crippen LogP contribution is -2.23. The average molecular weight is 543 g/mol. The minimum atomic E-state index is -0.602. The third-order valence-corrected chi connectivity index (χ3v) is 8.30. The van der Waals surface area contributed by atoms with Crippen molar-refractivity contribution in [2.24, 2.45) is 0 Å². The van der Waals surface area contributed by atoms with Gasteiger partial charge in [0.25, 0.3) is 0 Å². The number of rotatable bonds is 7. The summed E-state index contributed by atoms with van der Waals surface area (Å²) in [6.07, 6.45) is 2.15. The molecule has 2 heterocycles. The van der Waals surface area contributed by atoms with E-state index in [1.807, 2.05) is 24.3 Å². The third-order valence-electron chi connectivity index (χ3n) is 7.26. The van der Waals surface area contributed by atoms with Gasteiger partial charge in [0, 0.05) is 35.6 Å². The van der Waals surface area contributed by atoms with Gasteiger partial charge in [-0.2, -0.15) is 0 Å². The molecule has 0 unspecified atom stereocenters. The van der Waals surface area contributed by atoms with Crippen molar-refractivity contribution in [3.8, 4) is 10.6 Å². The first-order valence-corrected chi connectivity index (χ1v) is 14.3. The highest BCUT2D eigenvalue weighted by atomic mass is 32.1. The Bertz CT molecular complexity index is 1760. The minimum absolute atomic E-state index is 0.0277. The van der Waals surface area contributed by atoms with Crippen LogP contribution in [0, 0.1) is 0 Å². The molecule has 0 spiro atoms. The van der Waals surface area contributed by atoms with Crippen LogP contribution < -0.4 is 10.5 Å². The van der Waals surface area contributed by atoms with Crippen molar-refractivity contribution in [3.63, 3.8) is 0 Å². The Labute approximate surface area is 232 Å². The molecule has 5 rings (SSSR count). The van der Waals surface area contributed by atoms with Crippen LogP contribution in [0.1, 0.15) is 63.4 Å². The molecule has 0 saturated carbocycles. The first kappa shape index (κ1) is 26.9. The highest BCUT2D eigenvalue weighted by Gasteiger charge is 2.26. The van der Waals surface area contributed by atoms with E-state index in [2.05, 4.69) is 63.8 Å². The van der Waals surface area contributed by atoms with Crippen LogP contribution in [0.5, 0.6) is 0 Å². The largest absolute Gasteiger partial charge is 0.465 e. The van der Waals surface area contributed by atoms with Gasteiger partial charge in [-0.3, -0.25) is 0 Å². The van der Waals surface area contributed by atoms with E-state index in [1.165, 1.54) is 24.0 Å². The normalized spacial score (nSPS) is 11.9. The van der Waals surface area contributed by atoms with E-state index in [9.17, 15) is 9.59 Å². The SMILES string of the molecule is CCCCN(CC)c1ccc2c(C(=O)OC)c(-c3nc4c(ccc5cc(C(C)(C)C)ccc54)s3)c(=O)oc2c1. The number of thiazole rings is 1. The summed E-state index contributed by atoms with van der Waals surface area (Å²) in [6, 6.07) is 16.2. The number of methoxy groups -OCH3 is 1. The Kier molecular flexibility index (Phi) is 7.21. The summed E-state index contributed by atoms with van der Waals surface area (Å²) in [5.74, 6) is -0.590. The number of fused-ring (bicyclic) bond motifs is 4. The summed E-state index contributed by atoms with van der Waals surface area (Å²) in [4.78, 5) is 33.7. The van der Waals surface area contributed by atoms with Crippen molar-refractivity contribution in [2.75, 3.05) is 25.1 Å². The van der Waals surface area contributed by atoms with Crippen LogP contribution in [0.25, 0.3) is 42.5 Å². The fourth-order valence-electron chi connectivity index (χ4n) is 5.01. The summed E-state index contributed by atoms with van der Waals surface area (Å²) >= 11 is 1.37. The highest BCUT2D eigenvalue weighted by molar-refractivity contribution is 7.21. The molecule has 0 saturated heterocycles. The predicted octanol–water partition coefficient (Wildman–Crippen LogP) is 7.93. The number of aromatic nitrogens is 1. The summed E-state index contributed by atoms with van der Waals surface area (Å²) < 4.78 is 11.9. The van der Waals surface area contributed by atoms with Crippen LogP contribution in [0.4, 0.5) is 5.69 Å². The fraction of sp³-hybridized carbons (Fsp3) is 0.344. The van der Waals surface area contributed by atoms with Crippen LogP contribution in [0.2, 0.25) is 0 Å². The summed E-state index contributed by atoms with van der Waals surface area (Å²) in [5, 5.41) is 3.06. The van der Waals surface area contributed by atoms with E-state index >= 15 is 0 Å². The lowest BCUT2D eigenvalue weighted by Gasteiger charge is -2.23. The Morgan fingerprint density at radius 3 is 2.51 bits per heavy atom. The van der Waals surface area contributed by atoms with E-state index in [0.717, 1.165) is 52.6 Å². The zero-order valence-corrected chi connectivity index (χ0v) is 24.2. The van der Waals surface area contributed by atoms with Crippen LogP contribution >= 0.6 is 11.3 Å².